The van der Waals surface area contributed by atoms with Crippen molar-refractivity contribution in [2.24, 2.45) is 0 Å². The minimum atomic E-state index is -0.391. The third-order valence-corrected chi connectivity index (χ3v) is 6.87. The number of carbonyl (C=O) groups is 1. The number of hydrogen-bond donors (Lipinski definition) is 1. The van der Waals surface area contributed by atoms with E-state index in [1.54, 1.807) is 6.26 Å². The van der Waals surface area contributed by atoms with Crippen LogP contribution in [0.15, 0.2) is 70.4 Å². The minimum Gasteiger partial charge on any atom is -0.467 e. The van der Waals surface area contributed by atoms with Gasteiger partial charge in [-0.25, -0.2) is 0 Å². The van der Waals surface area contributed by atoms with Crippen molar-refractivity contribution in [2.45, 2.75) is 50.6 Å². The Labute approximate surface area is 208 Å². The van der Waals surface area contributed by atoms with Crippen molar-refractivity contribution >= 4 is 35.0 Å². The second-order valence-corrected chi connectivity index (χ2v) is 10.2. The number of aromatic nitrogens is 3. The first-order valence-corrected chi connectivity index (χ1v) is 12.4. The van der Waals surface area contributed by atoms with Crippen LogP contribution in [-0.4, -0.2) is 25.9 Å². The van der Waals surface area contributed by atoms with Gasteiger partial charge in [-0.15, -0.1) is 10.2 Å². The van der Waals surface area contributed by atoms with Crippen LogP contribution in [0.2, 0.25) is 5.02 Å². The van der Waals surface area contributed by atoms with E-state index in [-0.39, 0.29) is 5.91 Å². The Balaban J connectivity index is 1.59. The number of halogens is 1. The maximum absolute atomic E-state index is 13.2. The number of benzene rings is 2. The number of carbonyl (C=O) groups excluding carboxylic acids is 1. The molecule has 2 aromatic carbocycles. The van der Waals surface area contributed by atoms with Crippen LogP contribution in [0.1, 0.15) is 43.6 Å². The van der Waals surface area contributed by atoms with Crippen molar-refractivity contribution in [1.82, 2.24) is 14.8 Å². The number of thioether (sulfide) groups is 1. The lowest BCUT2D eigenvalue weighted by molar-refractivity contribution is -0.115. The zero-order chi connectivity index (χ0) is 24.2. The van der Waals surface area contributed by atoms with E-state index in [0.29, 0.717) is 28.5 Å². The number of nitrogens with zero attached hydrogens (tertiary/aromatic N) is 3. The minimum absolute atomic E-state index is 0.0817. The summed E-state index contributed by atoms with van der Waals surface area (Å²) in [6, 6.07) is 17.3. The summed E-state index contributed by atoms with van der Waals surface area (Å²) in [5.41, 5.74) is 3.93. The molecule has 2 aromatic heterocycles. The normalized spacial score (nSPS) is 12.2. The van der Waals surface area contributed by atoms with Gasteiger partial charge in [0.25, 0.3) is 0 Å². The molecule has 0 saturated carbocycles. The van der Waals surface area contributed by atoms with Crippen LogP contribution in [-0.2, 0) is 11.3 Å². The molecule has 0 fully saturated rings. The van der Waals surface area contributed by atoms with Gasteiger partial charge >= 0.3 is 0 Å². The van der Waals surface area contributed by atoms with Crippen LogP contribution in [0.4, 0.5) is 5.69 Å². The summed E-state index contributed by atoms with van der Waals surface area (Å²) in [5, 5.41) is 12.9. The van der Waals surface area contributed by atoms with Crippen LogP contribution >= 0.6 is 23.4 Å². The van der Waals surface area contributed by atoms with E-state index in [2.05, 4.69) is 35.4 Å². The number of nitrogens with one attached hydrogen (secondary N) is 1. The van der Waals surface area contributed by atoms with Crippen LogP contribution in [0.25, 0.3) is 11.4 Å². The molecule has 1 unspecified atom stereocenters. The lowest BCUT2D eigenvalue weighted by atomic mass is 9.98. The molecular weight excluding hydrogens is 468 g/mol. The van der Waals surface area contributed by atoms with Gasteiger partial charge in [0.1, 0.15) is 5.76 Å². The van der Waals surface area contributed by atoms with Crippen molar-refractivity contribution in [3.05, 3.63) is 82.8 Å². The fourth-order valence-corrected chi connectivity index (χ4v) is 4.64. The predicted molar refractivity (Wildman–Crippen MR) is 137 cm³/mol. The molecule has 2 heterocycles. The average Bonchev–Trinajstić information content (AvgIpc) is 3.46. The summed E-state index contributed by atoms with van der Waals surface area (Å²) >= 11 is 7.43. The van der Waals surface area contributed by atoms with Crippen LogP contribution in [0.5, 0.6) is 0 Å². The highest BCUT2D eigenvalue weighted by Crippen LogP contribution is 2.31. The summed E-state index contributed by atoms with van der Waals surface area (Å²) in [6.07, 6.45) is 1.64. The largest absolute Gasteiger partial charge is 0.467 e. The quantitative estimate of drug-likeness (QED) is 0.273. The Hall–Kier alpha value is -3.03. The fraction of sp³-hybridized carbons (Fsp3) is 0.269. The molecule has 0 bridgehead atoms. The van der Waals surface area contributed by atoms with Crippen LogP contribution < -0.4 is 5.32 Å². The molecule has 8 heteroatoms. The molecule has 34 heavy (non-hydrogen) atoms. The Bertz CT molecular complexity index is 1270. The van der Waals surface area contributed by atoms with E-state index in [0.717, 1.165) is 28.1 Å². The Morgan fingerprint density at radius 3 is 2.53 bits per heavy atom. The summed E-state index contributed by atoms with van der Waals surface area (Å²) in [5.74, 6) is 1.68. The maximum Gasteiger partial charge on any atom is 0.237 e. The fourth-order valence-electron chi connectivity index (χ4n) is 3.67. The molecule has 0 aliphatic rings. The molecule has 1 atom stereocenters. The number of para-hydroxylation sites is 1. The van der Waals surface area contributed by atoms with Crippen LogP contribution in [0.3, 0.4) is 0 Å². The number of furan rings is 1. The van der Waals surface area contributed by atoms with Crippen LogP contribution in [0, 0.1) is 6.92 Å². The zero-order valence-corrected chi connectivity index (χ0v) is 21.2. The van der Waals surface area contributed by atoms with Gasteiger partial charge in [-0.05, 0) is 67.3 Å². The van der Waals surface area contributed by atoms with E-state index < -0.39 is 5.25 Å². The van der Waals surface area contributed by atoms with Gasteiger partial charge < -0.3 is 9.73 Å². The van der Waals surface area contributed by atoms with Gasteiger partial charge in [-0.3, -0.25) is 9.36 Å². The number of amides is 1. The zero-order valence-electron chi connectivity index (χ0n) is 19.6. The highest BCUT2D eigenvalue weighted by Gasteiger charge is 2.23. The first kappa shape index (κ1) is 24.1. The van der Waals surface area contributed by atoms with Gasteiger partial charge in [0.05, 0.1) is 18.1 Å². The first-order chi connectivity index (χ1) is 16.3. The van der Waals surface area contributed by atoms with Crippen molar-refractivity contribution in [3.63, 3.8) is 0 Å². The summed E-state index contributed by atoms with van der Waals surface area (Å²) < 4.78 is 7.53. The van der Waals surface area contributed by atoms with E-state index in [9.17, 15) is 4.79 Å². The molecule has 1 N–H and O–H groups in total. The van der Waals surface area contributed by atoms with E-state index >= 15 is 0 Å². The number of aryl methyl sites for hydroxylation is 1. The van der Waals surface area contributed by atoms with Gasteiger partial charge in [0.2, 0.25) is 5.91 Å². The Morgan fingerprint density at radius 2 is 1.85 bits per heavy atom. The van der Waals surface area contributed by atoms with Crippen molar-refractivity contribution < 1.29 is 9.21 Å². The topological polar surface area (TPSA) is 73.0 Å². The molecule has 6 nitrogen and oxygen atoms in total. The molecule has 1 amide bonds. The van der Waals surface area contributed by atoms with E-state index in [1.165, 1.54) is 11.8 Å². The third kappa shape index (κ3) is 5.37. The maximum atomic E-state index is 13.2. The highest BCUT2D eigenvalue weighted by atomic mass is 35.5. The summed E-state index contributed by atoms with van der Waals surface area (Å²) in [7, 11) is 0. The second kappa shape index (κ2) is 10.5. The SMILES string of the molecule is Cc1cccc(C(C)C)c1NC(=O)C(C)Sc1nnc(-c2ccc(Cl)cc2)n1Cc1ccco1. The monoisotopic (exact) mass is 494 g/mol. The van der Waals surface area contributed by atoms with Gasteiger partial charge in [0.15, 0.2) is 11.0 Å². The number of rotatable bonds is 8. The average molecular weight is 495 g/mol. The molecule has 0 aliphatic carbocycles. The van der Waals surface area contributed by atoms with E-state index in [1.807, 2.05) is 66.9 Å². The van der Waals surface area contributed by atoms with Crippen molar-refractivity contribution in [3.8, 4) is 11.4 Å². The first-order valence-electron chi connectivity index (χ1n) is 11.1. The highest BCUT2D eigenvalue weighted by molar-refractivity contribution is 8.00. The summed E-state index contributed by atoms with van der Waals surface area (Å²) in [4.78, 5) is 13.2. The smallest absolute Gasteiger partial charge is 0.237 e. The molecule has 0 radical (unpaired) electrons. The lowest BCUT2D eigenvalue weighted by Gasteiger charge is -2.18. The van der Waals surface area contributed by atoms with E-state index in [4.69, 9.17) is 16.0 Å². The number of hydrogen-bond acceptors (Lipinski definition) is 5. The predicted octanol–water partition coefficient (Wildman–Crippen LogP) is 6.79. The van der Waals surface area contributed by atoms with Crippen molar-refractivity contribution in [1.29, 1.82) is 0 Å². The standard InChI is InChI=1S/C26H27ClN4O2S/c1-16(2)22-9-5-7-17(3)23(22)28-25(32)18(4)34-26-30-29-24(19-10-12-20(27)13-11-19)31(26)15-21-8-6-14-33-21/h5-14,16,18H,15H2,1-4H3,(H,28,32). The molecule has 0 aliphatic heterocycles. The Morgan fingerprint density at radius 1 is 1.09 bits per heavy atom. The molecule has 0 saturated heterocycles. The third-order valence-electron chi connectivity index (χ3n) is 5.54. The number of anilines is 1. The molecule has 4 aromatic rings. The molecular formula is C26H27ClN4O2S. The molecule has 0 spiro atoms. The van der Waals surface area contributed by atoms with Crippen molar-refractivity contribution in [2.75, 3.05) is 5.32 Å². The molecule has 176 valence electrons. The van der Waals surface area contributed by atoms with Gasteiger partial charge in [-0.1, -0.05) is 55.4 Å². The van der Waals surface area contributed by atoms with Gasteiger partial charge in [0, 0.05) is 16.3 Å². The second-order valence-electron chi connectivity index (χ2n) is 8.42. The molecule has 4 rings (SSSR count). The lowest BCUT2D eigenvalue weighted by Crippen LogP contribution is -2.24. The van der Waals surface area contributed by atoms with Gasteiger partial charge in [-0.2, -0.15) is 0 Å². The summed E-state index contributed by atoms with van der Waals surface area (Å²) in [6.45, 7) is 8.58. The Kier molecular flexibility index (Phi) is 7.44.